The molecule has 3 heterocycles. The van der Waals surface area contributed by atoms with Crippen molar-refractivity contribution in [1.82, 2.24) is 9.29 Å². The van der Waals surface area contributed by atoms with Crippen LogP contribution in [0.5, 0.6) is 0 Å². The molecule has 1 aliphatic heterocycles. The minimum atomic E-state index is -3.68. The number of anilines is 1. The zero-order valence-electron chi connectivity index (χ0n) is 14.5. The molecule has 0 aliphatic carbocycles. The molecule has 142 valence electrons. The van der Waals surface area contributed by atoms with E-state index in [9.17, 15) is 13.2 Å². The lowest BCUT2D eigenvalue weighted by atomic mass is 10.3. The van der Waals surface area contributed by atoms with Gasteiger partial charge in [0, 0.05) is 18.8 Å². The molecular weight excluding hydrogens is 406 g/mol. The lowest BCUT2D eigenvalue weighted by Crippen LogP contribution is -2.27. The minimum Gasteiger partial charge on any atom is -0.438 e. The molecule has 0 radical (unpaired) electrons. The van der Waals surface area contributed by atoms with Crippen LogP contribution < -0.4 is 5.32 Å². The first kappa shape index (κ1) is 18.5. The summed E-state index contributed by atoms with van der Waals surface area (Å²) in [5.74, 6) is -0.534. The van der Waals surface area contributed by atoms with Crippen molar-refractivity contribution in [2.75, 3.05) is 24.7 Å². The van der Waals surface area contributed by atoms with Gasteiger partial charge in [0.05, 0.1) is 10.2 Å². The summed E-state index contributed by atoms with van der Waals surface area (Å²) < 4.78 is 33.7. The quantitative estimate of drug-likeness (QED) is 0.630. The molecule has 7 nitrogen and oxygen atoms in total. The van der Waals surface area contributed by atoms with E-state index in [1.165, 1.54) is 16.4 Å². The fourth-order valence-corrected chi connectivity index (χ4v) is 5.85. The Hall–Kier alpha value is -1.88. The molecule has 1 saturated heterocycles. The number of rotatable bonds is 5. The third-order valence-electron chi connectivity index (χ3n) is 4.27. The number of carbonyl (C=O) groups excluding carboxylic acids is 1. The van der Waals surface area contributed by atoms with Gasteiger partial charge in [-0.2, -0.15) is 4.31 Å². The molecular formula is C17H17N3O4S3. The lowest BCUT2D eigenvalue weighted by molar-refractivity contribution is 0.0991. The second-order valence-corrected chi connectivity index (χ2v) is 10.0. The molecule has 3 aromatic rings. The topological polar surface area (TPSA) is 92.5 Å². The number of thiazole rings is 1. The van der Waals surface area contributed by atoms with Gasteiger partial charge >= 0.3 is 0 Å². The fourth-order valence-electron chi connectivity index (χ4n) is 2.90. The van der Waals surface area contributed by atoms with Crippen LogP contribution in [0.25, 0.3) is 10.2 Å². The van der Waals surface area contributed by atoms with Gasteiger partial charge < -0.3 is 9.73 Å². The zero-order valence-corrected chi connectivity index (χ0v) is 16.9. The molecule has 0 atom stereocenters. The SMILES string of the molecule is CSc1nc2ccc(NC(=O)c3ccc(S(=O)(=O)N4CCCC4)o3)cc2s1. The van der Waals surface area contributed by atoms with Crippen LogP contribution in [0.1, 0.15) is 23.4 Å². The van der Waals surface area contributed by atoms with Gasteiger partial charge in [-0.3, -0.25) is 4.79 Å². The van der Waals surface area contributed by atoms with E-state index < -0.39 is 15.9 Å². The van der Waals surface area contributed by atoms with E-state index in [4.69, 9.17) is 4.42 Å². The van der Waals surface area contributed by atoms with Crippen LogP contribution in [0.3, 0.4) is 0 Å². The summed E-state index contributed by atoms with van der Waals surface area (Å²) in [6, 6.07) is 8.16. The molecule has 0 saturated carbocycles. The van der Waals surface area contributed by atoms with E-state index in [-0.39, 0.29) is 10.9 Å². The molecule has 1 aromatic carbocycles. The van der Waals surface area contributed by atoms with Gasteiger partial charge in [-0.15, -0.1) is 11.3 Å². The van der Waals surface area contributed by atoms with E-state index in [2.05, 4.69) is 10.3 Å². The van der Waals surface area contributed by atoms with Crippen LogP contribution in [0.4, 0.5) is 5.69 Å². The number of sulfonamides is 1. The number of furan rings is 1. The summed E-state index contributed by atoms with van der Waals surface area (Å²) in [5, 5.41) is 2.55. The average molecular weight is 424 g/mol. The van der Waals surface area contributed by atoms with E-state index in [0.717, 1.165) is 27.4 Å². The largest absolute Gasteiger partial charge is 0.438 e. The van der Waals surface area contributed by atoms with Crippen LogP contribution >= 0.6 is 23.1 Å². The molecule has 1 aliphatic rings. The van der Waals surface area contributed by atoms with Gasteiger partial charge in [-0.1, -0.05) is 11.8 Å². The van der Waals surface area contributed by atoms with Crippen LogP contribution in [0, 0.1) is 0 Å². The Kier molecular flexibility index (Phi) is 4.97. The Morgan fingerprint density at radius 3 is 2.78 bits per heavy atom. The monoisotopic (exact) mass is 423 g/mol. The Labute approximate surface area is 164 Å². The van der Waals surface area contributed by atoms with E-state index in [0.29, 0.717) is 18.8 Å². The Morgan fingerprint density at radius 2 is 2.04 bits per heavy atom. The van der Waals surface area contributed by atoms with Crippen molar-refractivity contribution in [3.8, 4) is 0 Å². The summed E-state index contributed by atoms with van der Waals surface area (Å²) in [7, 11) is -3.68. The molecule has 27 heavy (non-hydrogen) atoms. The molecule has 0 unspecified atom stereocenters. The van der Waals surface area contributed by atoms with Crippen molar-refractivity contribution >= 4 is 54.9 Å². The Balaban J connectivity index is 1.53. The third kappa shape index (κ3) is 3.62. The van der Waals surface area contributed by atoms with Crippen LogP contribution in [-0.2, 0) is 10.0 Å². The first-order valence-corrected chi connectivity index (χ1v) is 11.8. The third-order valence-corrected chi connectivity index (χ3v) is 8.04. The highest BCUT2D eigenvalue weighted by Gasteiger charge is 2.30. The first-order valence-electron chi connectivity index (χ1n) is 8.33. The van der Waals surface area contributed by atoms with E-state index in [1.807, 2.05) is 18.4 Å². The van der Waals surface area contributed by atoms with Gasteiger partial charge in [0.15, 0.2) is 10.1 Å². The van der Waals surface area contributed by atoms with Gasteiger partial charge in [-0.05, 0) is 49.4 Å². The second-order valence-electron chi connectivity index (χ2n) is 6.05. The number of thioether (sulfide) groups is 1. The molecule has 2 aromatic heterocycles. The summed E-state index contributed by atoms with van der Waals surface area (Å²) in [4.78, 5) is 16.9. The van der Waals surface area contributed by atoms with Crippen LogP contribution in [0.2, 0.25) is 0 Å². The number of hydrogen-bond acceptors (Lipinski definition) is 7. The standard InChI is InChI=1S/C17H17N3O4S3/c1-25-17-19-12-5-4-11(10-14(12)26-17)18-16(21)13-6-7-15(24-13)27(22,23)20-8-2-3-9-20/h4-7,10H,2-3,8-9H2,1H3,(H,18,21). The summed E-state index contributed by atoms with van der Waals surface area (Å²) in [6.07, 6.45) is 3.64. The first-order chi connectivity index (χ1) is 13.0. The normalized spacial score (nSPS) is 15.4. The van der Waals surface area contributed by atoms with Crippen molar-refractivity contribution in [2.45, 2.75) is 22.3 Å². The molecule has 10 heteroatoms. The molecule has 4 rings (SSSR count). The number of amides is 1. The van der Waals surface area contributed by atoms with Crippen molar-refractivity contribution < 1.29 is 17.6 Å². The summed E-state index contributed by atoms with van der Waals surface area (Å²) >= 11 is 3.12. The Morgan fingerprint density at radius 1 is 1.26 bits per heavy atom. The highest BCUT2D eigenvalue weighted by Crippen LogP contribution is 2.30. The molecule has 0 spiro atoms. The lowest BCUT2D eigenvalue weighted by Gasteiger charge is -2.12. The summed E-state index contributed by atoms with van der Waals surface area (Å²) in [5.41, 5.74) is 1.48. The maximum absolute atomic E-state index is 12.5. The average Bonchev–Trinajstić information content (AvgIpc) is 3.40. The van der Waals surface area contributed by atoms with Gasteiger partial charge in [0.1, 0.15) is 0 Å². The molecule has 0 bridgehead atoms. The van der Waals surface area contributed by atoms with Crippen molar-refractivity contribution in [3.63, 3.8) is 0 Å². The number of fused-ring (bicyclic) bond motifs is 1. The second kappa shape index (κ2) is 7.27. The minimum absolute atomic E-state index is 0.0398. The predicted molar refractivity (Wildman–Crippen MR) is 106 cm³/mol. The fraction of sp³-hybridized carbons (Fsp3) is 0.294. The number of carbonyl (C=O) groups is 1. The van der Waals surface area contributed by atoms with Crippen LogP contribution in [-0.4, -0.2) is 43.0 Å². The number of nitrogens with zero attached hydrogens (tertiary/aromatic N) is 2. The molecule has 1 N–H and O–H groups in total. The van der Waals surface area contributed by atoms with Crippen molar-refractivity contribution in [3.05, 3.63) is 36.1 Å². The number of aromatic nitrogens is 1. The maximum atomic E-state index is 12.5. The summed E-state index contributed by atoms with van der Waals surface area (Å²) in [6.45, 7) is 0.967. The van der Waals surface area contributed by atoms with Gasteiger partial charge in [0.2, 0.25) is 5.09 Å². The predicted octanol–water partition coefficient (Wildman–Crippen LogP) is 3.65. The van der Waals surface area contributed by atoms with Crippen molar-refractivity contribution in [2.24, 2.45) is 0 Å². The number of hydrogen-bond donors (Lipinski definition) is 1. The van der Waals surface area contributed by atoms with Crippen molar-refractivity contribution in [1.29, 1.82) is 0 Å². The zero-order chi connectivity index (χ0) is 19.0. The molecule has 1 fully saturated rings. The highest BCUT2D eigenvalue weighted by molar-refractivity contribution is 8.00. The highest BCUT2D eigenvalue weighted by atomic mass is 32.2. The van der Waals surface area contributed by atoms with E-state index in [1.54, 1.807) is 29.2 Å². The van der Waals surface area contributed by atoms with Crippen LogP contribution in [0.15, 0.2) is 44.2 Å². The number of benzene rings is 1. The smallest absolute Gasteiger partial charge is 0.291 e. The van der Waals surface area contributed by atoms with Gasteiger partial charge in [0.25, 0.3) is 15.9 Å². The number of nitrogens with one attached hydrogen (secondary N) is 1. The van der Waals surface area contributed by atoms with Gasteiger partial charge in [-0.25, -0.2) is 13.4 Å². The Bertz CT molecular complexity index is 1100. The molecule has 1 amide bonds. The van der Waals surface area contributed by atoms with E-state index >= 15 is 0 Å². The maximum Gasteiger partial charge on any atom is 0.291 e.